The highest BCUT2D eigenvalue weighted by Crippen LogP contribution is 2.44. The maximum absolute atomic E-state index is 13.4. The van der Waals surface area contributed by atoms with Crippen molar-refractivity contribution in [1.82, 2.24) is 5.09 Å². The first-order valence-corrected chi connectivity index (χ1v) is 11.1. The third kappa shape index (κ3) is 5.83. The Morgan fingerprint density at radius 1 is 0.929 bits per heavy atom. The van der Waals surface area contributed by atoms with Crippen LogP contribution in [0.25, 0.3) is 0 Å². The van der Waals surface area contributed by atoms with Gasteiger partial charge in [-0.1, -0.05) is 42.5 Å². The Kier molecular flexibility index (Phi) is 6.73. The van der Waals surface area contributed by atoms with Gasteiger partial charge in [0.2, 0.25) is 0 Å². The molecule has 0 heterocycles. The molecule has 0 aromatic heterocycles. The van der Waals surface area contributed by atoms with E-state index in [0.717, 1.165) is 15.7 Å². The molecule has 0 spiro atoms. The summed E-state index contributed by atoms with van der Waals surface area (Å²) in [5.41, 5.74) is 1.83. The average Bonchev–Trinajstić information content (AvgIpc) is 2.65. The number of anilines is 1. The van der Waals surface area contributed by atoms with Crippen LogP contribution < -0.4 is 19.5 Å². The van der Waals surface area contributed by atoms with Gasteiger partial charge in [-0.3, -0.25) is 0 Å². The molecule has 0 amide bonds. The summed E-state index contributed by atoms with van der Waals surface area (Å²) < 4.78 is 25.5. The van der Waals surface area contributed by atoms with Crippen LogP contribution in [0.4, 0.5) is 5.69 Å². The minimum atomic E-state index is -3.85. The van der Waals surface area contributed by atoms with E-state index in [-0.39, 0.29) is 5.11 Å². The first-order valence-electron chi connectivity index (χ1n) is 8.38. The van der Waals surface area contributed by atoms with E-state index in [2.05, 4.69) is 26.3 Å². The van der Waals surface area contributed by atoms with Crippen molar-refractivity contribution in [1.29, 1.82) is 0 Å². The van der Waals surface area contributed by atoms with Gasteiger partial charge < -0.3 is 14.4 Å². The highest BCUT2D eigenvalue weighted by Gasteiger charge is 2.30. The van der Waals surface area contributed by atoms with Crippen LogP contribution >= 0.6 is 35.9 Å². The SMILES string of the molecule is Cc1ccc(NC(=S)NP(=O)(Oc2ccccc2)Oc2ccccc2)c(Br)c1. The molecule has 0 bridgehead atoms. The van der Waals surface area contributed by atoms with Crippen molar-refractivity contribution in [2.75, 3.05) is 5.32 Å². The lowest BCUT2D eigenvalue weighted by Crippen LogP contribution is -2.29. The Balaban J connectivity index is 1.79. The number of hydrogen-bond donors (Lipinski definition) is 2. The fourth-order valence-corrected chi connectivity index (χ4v) is 4.57. The van der Waals surface area contributed by atoms with Crippen molar-refractivity contribution in [3.8, 4) is 11.5 Å². The standard InChI is InChI=1S/C20H18BrN2O3PS/c1-15-12-13-19(18(21)14-15)22-20(28)23-27(24,25-16-8-4-2-5-9-16)26-17-10-6-3-7-11-17/h2-14H,1H3,(H2,22,23,24,28). The summed E-state index contributed by atoms with van der Waals surface area (Å²) in [4.78, 5) is 0. The summed E-state index contributed by atoms with van der Waals surface area (Å²) in [5.74, 6) is 0.794. The predicted octanol–water partition coefficient (Wildman–Crippen LogP) is 6.31. The van der Waals surface area contributed by atoms with Gasteiger partial charge in [0, 0.05) is 4.47 Å². The molecule has 0 fully saturated rings. The van der Waals surface area contributed by atoms with E-state index in [0.29, 0.717) is 11.5 Å². The second-order valence-corrected chi connectivity index (χ2v) is 8.70. The molecule has 3 aromatic carbocycles. The second-order valence-electron chi connectivity index (χ2n) is 5.86. The van der Waals surface area contributed by atoms with Gasteiger partial charge in [-0.05, 0) is 77.0 Å². The van der Waals surface area contributed by atoms with Gasteiger partial charge in [0.05, 0.1) is 5.69 Å². The number of halogens is 1. The number of para-hydroxylation sites is 2. The first-order chi connectivity index (χ1) is 13.4. The Labute approximate surface area is 177 Å². The van der Waals surface area contributed by atoms with Gasteiger partial charge in [0.15, 0.2) is 5.11 Å². The summed E-state index contributed by atoms with van der Waals surface area (Å²) in [5, 5.41) is 5.81. The van der Waals surface area contributed by atoms with Crippen molar-refractivity contribution in [3.05, 3.63) is 88.9 Å². The number of nitrogens with one attached hydrogen (secondary N) is 2. The molecule has 0 saturated heterocycles. The maximum atomic E-state index is 13.4. The zero-order valence-corrected chi connectivity index (χ0v) is 18.3. The van der Waals surface area contributed by atoms with E-state index in [1.807, 2.05) is 37.3 Å². The van der Waals surface area contributed by atoms with Crippen LogP contribution in [-0.4, -0.2) is 5.11 Å². The first kappa shape index (κ1) is 20.4. The molecule has 8 heteroatoms. The largest absolute Gasteiger partial charge is 0.543 e. The number of rotatable bonds is 6. The van der Waals surface area contributed by atoms with Crippen LogP contribution in [0.5, 0.6) is 11.5 Å². The molecule has 0 aliphatic heterocycles. The monoisotopic (exact) mass is 476 g/mol. The summed E-state index contributed by atoms with van der Waals surface area (Å²) in [6.07, 6.45) is 0. The normalized spacial score (nSPS) is 10.8. The minimum absolute atomic E-state index is 0.111. The van der Waals surface area contributed by atoms with Gasteiger partial charge in [0.1, 0.15) is 11.5 Å². The lowest BCUT2D eigenvalue weighted by molar-refractivity contribution is 0.381. The predicted molar refractivity (Wildman–Crippen MR) is 120 cm³/mol. The quantitative estimate of drug-likeness (QED) is 0.321. The summed E-state index contributed by atoms with van der Waals surface area (Å²) in [6.45, 7) is 1.99. The van der Waals surface area contributed by atoms with Crippen molar-refractivity contribution >= 4 is 46.7 Å². The molecule has 0 radical (unpaired) electrons. The lowest BCUT2D eigenvalue weighted by atomic mass is 10.2. The summed E-state index contributed by atoms with van der Waals surface area (Å²) in [6, 6.07) is 23.3. The van der Waals surface area contributed by atoms with E-state index in [4.69, 9.17) is 21.3 Å². The summed E-state index contributed by atoms with van der Waals surface area (Å²) in [7, 11) is -3.85. The molecule has 0 unspecified atom stereocenters. The molecule has 5 nitrogen and oxygen atoms in total. The van der Waals surface area contributed by atoms with Crippen LogP contribution in [0.1, 0.15) is 5.56 Å². The Morgan fingerprint density at radius 3 is 1.96 bits per heavy atom. The molecular formula is C20H18BrN2O3PS. The van der Waals surface area contributed by atoms with Gasteiger partial charge in [-0.15, -0.1) is 0 Å². The smallest absolute Gasteiger partial charge is 0.400 e. The van der Waals surface area contributed by atoms with Gasteiger partial charge in [0.25, 0.3) is 0 Å². The van der Waals surface area contributed by atoms with Gasteiger partial charge in [-0.25, -0.2) is 9.65 Å². The fraction of sp³-hybridized carbons (Fsp3) is 0.0500. The molecule has 2 N–H and O–H groups in total. The number of benzene rings is 3. The Morgan fingerprint density at radius 2 is 1.46 bits per heavy atom. The van der Waals surface area contributed by atoms with Crippen molar-refractivity contribution in [2.24, 2.45) is 0 Å². The van der Waals surface area contributed by atoms with Crippen molar-refractivity contribution in [2.45, 2.75) is 6.92 Å². The highest BCUT2D eigenvalue weighted by atomic mass is 79.9. The highest BCUT2D eigenvalue weighted by molar-refractivity contribution is 9.10. The Bertz CT molecular complexity index is 957. The van der Waals surface area contributed by atoms with E-state index < -0.39 is 7.75 Å². The zero-order chi connectivity index (χ0) is 20.0. The van der Waals surface area contributed by atoms with Crippen molar-refractivity contribution in [3.63, 3.8) is 0 Å². The molecular weight excluding hydrogens is 459 g/mol. The topological polar surface area (TPSA) is 59.6 Å². The van der Waals surface area contributed by atoms with Gasteiger partial charge in [-0.2, -0.15) is 0 Å². The summed E-state index contributed by atoms with van der Waals surface area (Å²) >= 11 is 8.82. The van der Waals surface area contributed by atoms with Crippen LogP contribution in [0.3, 0.4) is 0 Å². The minimum Gasteiger partial charge on any atom is -0.400 e. The molecule has 3 rings (SSSR count). The van der Waals surface area contributed by atoms with E-state index in [1.165, 1.54) is 0 Å². The zero-order valence-electron chi connectivity index (χ0n) is 15.0. The fourth-order valence-electron chi connectivity index (χ4n) is 2.30. The molecule has 3 aromatic rings. The molecule has 0 atom stereocenters. The number of aryl methyl sites for hydroxylation is 1. The molecule has 0 aliphatic carbocycles. The van der Waals surface area contributed by atoms with Gasteiger partial charge >= 0.3 is 7.75 Å². The van der Waals surface area contributed by atoms with Crippen LogP contribution in [-0.2, 0) is 4.57 Å². The third-order valence-electron chi connectivity index (χ3n) is 3.55. The second kappa shape index (κ2) is 9.24. The van der Waals surface area contributed by atoms with Crippen LogP contribution in [0.2, 0.25) is 0 Å². The number of thiocarbonyl (C=S) groups is 1. The van der Waals surface area contributed by atoms with Crippen LogP contribution in [0, 0.1) is 6.92 Å². The maximum Gasteiger partial charge on any atom is 0.543 e. The van der Waals surface area contributed by atoms with Crippen molar-refractivity contribution < 1.29 is 13.6 Å². The number of hydrogen-bond acceptors (Lipinski definition) is 4. The average molecular weight is 477 g/mol. The molecule has 0 aliphatic rings. The van der Waals surface area contributed by atoms with E-state index in [9.17, 15) is 4.57 Å². The molecule has 0 saturated carbocycles. The van der Waals surface area contributed by atoms with E-state index in [1.54, 1.807) is 48.5 Å². The molecule has 28 heavy (non-hydrogen) atoms. The molecule has 144 valence electrons. The Hall–Kier alpha value is -2.34. The lowest BCUT2D eigenvalue weighted by Gasteiger charge is -2.22. The third-order valence-corrected chi connectivity index (χ3v) is 5.96. The van der Waals surface area contributed by atoms with Crippen LogP contribution in [0.15, 0.2) is 83.3 Å². The van der Waals surface area contributed by atoms with E-state index >= 15 is 0 Å².